The van der Waals surface area contributed by atoms with Crippen molar-refractivity contribution >= 4 is 23.2 Å². The number of halogens is 2. The summed E-state index contributed by atoms with van der Waals surface area (Å²) in [7, 11) is 0. The van der Waals surface area contributed by atoms with Crippen molar-refractivity contribution in [1.29, 1.82) is 0 Å². The summed E-state index contributed by atoms with van der Waals surface area (Å²) in [5, 5.41) is 0. The minimum absolute atomic E-state index is 0.396. The molecule has 0 aromatic heterocycles. The highest BCUT2D eigenvalue weighted by atomic mass is 35.5. The first-order valence-electron chi connectivity index (χ1n) is 4.11. The third-order valence-corrected chi connectivity index (χ3v) is 2.28. The lowest BCUT2D eigenvalue weighted by molar-refractivity contribution is 0.909. The molecule has 0 bridgehead atoms. The number of aryl methyl sites for hydroxylation is 1. The van der Waals surface area contributed by atoms with Gasteiger partial charge in [-0.25, -0.2) is 0 Å². The average molecular weight is 203 g/mol. The quantitative estimate of drug-likeness (QED) is 0.648. The smallest absolute Gasteiger partial charge is 0.100 e. The van der Waals surface area contributed by atoms with Crippen molar-refractivity contribution in [3.05, 3.63) is 35.4 Å². The standard InChI is InChI=1S/C10H12Cl2/c1-2-5-8-6-3-4-7-9(8)10(11)12/h3-4,6-7,10H,2,5H2,1H3. The molecule has 1 rings (SSSR count). The minimum Gasteiger partial charge on any atom is -0.100 e. The van der Waals surface area contributed by atoms with Crippen LogP contribution in [0.25, 0.3) is 0 Å². The van der Waals surface area contributed by atoms with Gasteiger partial charge in [0.05, 0.1) is 0 Å². The zero-order chi connectivity index (χ0) is 8.97. The maximum absolute atomic E-state index is 5.81. The van der Waals surface area contributed by atoms with E-state index in [2.05, 4.69) is 13.0 Å². The molecule has 0 aliphatic rings. The molecule has 0 N–H and O–H groups in total. The molecule has 0 spiro atoms. The van der Waals surface area contributed by atoms with Gasteiger partial charge in [-0.2, -0.15) is 0 Å². The van der Waals surface area contributed by atoms with E-state index in [9.17, 15) is 0 Å². The van der Waals surface area contributed by atoms with E-state index >= 15 is 0 Å². The van der Waals surface area contributed by atoms with Crippen LogP contribution < -0.4 is 0 Å². The molecule has 66 valence electrons. The van der Waals surface area contributed by atoms with Crippen LogP contribution in [0.1, 0.15) is 29.3 Å². The van der Waals surface area contributed by atoms with Crippen LogP contribution >= 0.6 is 23.2 Å². The number of alkyl halides is 2. The maximum Gasteiger partial charge on any atom is 0.133 e. The summed E-state index contributed by atoms with van der Waals surface area (Å²) in [6.45, 7) is 2.15. The topological polar surface area (TPSA) is 0 Å². The van der Waals surface area contributed by atoms with Crippen molar-refractivity contribution in [2.45, 2.75) is 24.6 Å². The molecule has 0 aliphatic heterocycles. The third kappa shape index (κ3) is 2.40. The van der Waals surface area contributed by atoms with E-state index in [1.54, 1.807) is 0 Å². The van der Waals surface area contributed by atoms with Crippen molar-refractivity contribution in [3.63, 3.8) is 0 Å². The second-order valence-electron chi connectivity index (χ2n) is 2.75. The SMILES string of the molecule is CCCc1ccccc1C(Cl)Cl. The molecule has 2 heteroatoms. The first-order chi connectivity index (χ1) is 5.75. The Labute approximate surface area is 83.5 Å². The largest absolute Gasteiger partial charge is 0.133 e. The summed E-state index contributed by atoms with van der Waals surface area (Å²) < 4.78 is 0. The normalized spacial score (nSPS) is 10.7. The Morgan fingerprint density at radius 3 is 2.50 bits per heavy atom. The van der Waals surface area contributed by atoms with Crippen molar-refractivity contribution in [3.8, 4) is 0 Å². The van der Waals surface area contributed by atoms with E-state index in [0.29, 0.717) is 0 Å². The second-order valence-corrected chi connectivity index (χ2v) is 3.85. The molecular formula is C10H12Cl2. The Kier molecular flexibility index (Phi) is 3.90. The third-order valence-electron chi connectivity index (χ3n) is 1.81. The average Bonchev–Trinajstić information content (AvgIpc) is 2.05. The van der Waals surface area contributed by atoms with Crippen LogP contribution in [-0.4, -0.2) is 0 Å². The highest BCUT2D eigenvalue weighted by Crippen LogP contribution is 2.28. The van der Waals surface area contributed by atoms with E-state index in [1.165, 1.54) is 5.56 Å². The van der Waals surface area contributed by atoms with E-state index in [-0.39, 0.29) is 0 Å². The molecular weight excluding hydrogens is 191 g/mol. The van der Waals surface area contributed by atoms with Crippen LogP contribution in [0.15, 0.2) is 24.3 Å². The van der Waals surface area contributed by atoms with E-state index in [0.717, 1.165) is 18.4 Å². The fourth-order valence-corrected chi connectivity index (χ4v) is 1.67. The predicted molar refractivity (Wildman–Crippen MR) is 54.9 cm³/mol. The molecule has 0 amide bonds. The van der Waals surface area contributed by atoms with Gasteiger partial charge in [0.25, 0.3) is 0 Å². The Hall–Kier alpha value is -0.200. The van der Waals surface area contributed by atoms with Gasteiger partial charge in [0, 0.05) is 0 Å². The van der Waals surface area contributed by atoms with Crippen molar-refractivity contribution in [1.82, 2.24) is 0 Å². The van der Waals surface area contributed by atoms with Gasteiger partial charge < -0.3 is 0 Å². The number of benzene rings is 1. The first-order valence-corrected chi connectivity index (χ1v) is 4.99. The van der Waals surface area contributed by atoms with Gasteiger partial charge >= 0.3 is 0 Å². The van der Waals surface area contributed by atoms with Crippen LogP contribution in [0.2, 0.25) is 0 Å². The highest BCUT2D eigenvalue weighted by Gasteiger charge is 2.07. The summed E-state index contributed by atoms with van der Waals surface area (Å²) >= 11 is 11.6. The lowest BCUT2D eigenvalue weighted by Crippen LogP contribution is -1.91. The molecule has 0 saturated carbocycles. The van der Waals surface area contributed by atoms with Gasteiger partial charge in [-0.15, -0.1) is 23.2 Å². The fourth-order valence-electron chi connectivity index (χ4n) is 1.24. The van der Waals surface area contributed by atoms with E-state index in [4.69, 9.17) is 23.2 Å². The fraction of sp³-hybridized carbons (Fsp3) is 0.400. The van der Waals surface area contributed by atoms with Crippen molar-refractivity contribution < 1.29 is 0 Å². The molecule has 0 heterocycles. The lowest BCUT2D eigenvalue weighted by atomic mass is 10.0. The van der Waals surface area contributed by atoms with Gasteiger partial charge in [0.1, 0.15) is 4.84 Å². The monoisotopic (exact) mass is 202 g/mol. The van der Waals surface area contributed by atoms with Crippen LogP contribution in [0, 0.1) is 0 Å². The summed E-state index contributed by atoms with van der Waals surface area (Å²) in [5.41, 5.74) is 2.30. The predicted octanol–water partition coefficient (Wildman–Crippen LogP) is 4.12. The number of rotatable bonds is 3. The number of hydrogen-bond acceptors (Lipinski definition) is 0. The molecule has 1 aromatic carbocycles. The molecule has 0 saturated heterocycles. The van der Waals surface area contributed by atoms with Gasteiger partial charge in [0.15, 0.2) is 0 Å². The Bertz CT molecular complexity index is 243. The molecule has 12 heavy (non-hydrogen) atoms. The van der Waals surface area contributed by atoms with Crippen LogP contribution in [0.4, 0.5) is 0 Å². The molecule has 0 fully saturated rings. The lowest BCUT2D eigenvalue weighted by Gasteiger charge is -2.08. The molecule has 0 radical (unpaired) electrons. The number of hydrogen-bond donors (Lipinski definition) is 0. The van der Waals surface area contributed by atoms with Crippen LogP contribution in [0.5, 0.6) is 0 Å². The highest BCUT2D eigenvalue weighted by molar-refractivity contribution is 6.44. The molecule has 0 nitrogen and oxygen atoms in total. The zero-order valence-corrected chi connectivity index (χ0v) is 8.57. The van der Waals surface area contributed by atoms with Gasteiger partial charge in [-0.1, -0.05) is 37.6 Å². The molecule has 0 aliphatic carbocycles. The first kappa shape index (κ1) is 9.88. The Balaban J connectivity index is 2.92. The van der Waals surface area contributed by atoms with Crippen LogP contribution in [0.3, 0.4) is 0 Å². The molecule has 1 aromatic rings. The summed E-state index contributed by atoms with van der Waals surface area (Å²) in [5.74, 6) is 0. The van der Waals surface area contributed by atoms with Gasteiger partial charge in [-0.05, 0) is 17.5 Å². The second kappa shape index (κ2) is 4.74. The van der Waals surface area contributed by atoms with Crippen LogP contribution in [-0.2, 0) is 6.42 Å². The summed E-state index contributed by atoms with van der Waals surface area (Å²) in [6.07, 6.45) is 2.17. The molecule has 0 unspecified atom stereocenters. The Morgan fingerprint density at radius 1 is 1.25 bits per heavy atom. The minimum atomic E-state index is -0.396. The maximum atomic E-state index is 5.81. The van der Waals surface area contributed by atoms with Crippen molar-refractivity contribution in [2.75, 3.05) is 0 Å². The summed E-state index contributed by atoms with van der Waals surface area (Å²) in [4.78, 5) is -0.396. The molecule has 0 atom stereocenters. The Morgan fingerprint density at radius 2 is 1.92 bits per heavy atom. The van der Waals surface area contributed by atoms with E-state index in [1.807, 2.05) is 18.2 Å². The van der Waals surface area contributed by atoms with Crippen molar-refractivity contribution in [2.24, 2.45) is 0 Å². The van der Waals surface area contributed by atoms with Gasteiger partial charge in [0.2, 0.25) is 0 Å². The zero-order valence-electron chi connectivity index (χ0n) is 7.06. The summed E-state index contributed by atoms with van der Waals surface area (Å²) in [6, 6.07) is 8.04. The van der Waals surface area contributed by atoms with Gasteiger partial charge in [-0.3, -0.25) is 0 Å². The van der Waals surface area contributed by atoms with E-state index < -0.39 is 4.84 Å².